The molecule has 2 aromatic carbocycles. The van der Waals surface area contributed by atoms with E-state index in [0.717, 1.165) is 28.4 Å². The summed E-state index contributed by atoms with van der Waals surface area (Å²) in [6.45, 7) is 1.44. The zero-order chi connectivity index (χ0) is 12.5. The van der Waals surface area contributed by atoms with Gasteiger partial charge in [-0.05, 0) is 18.2 Å². The second kappa shape index (κ2) is 4.35. The van der Waals surface area contributed by atoms with Gasteiger partial charge in [-0.25, -0.2) is 0 Å². The van der Waals surface area contributed by atoms with Gasteiger partial charge in [-0.1, -0.05) is 24.3 Å². The normalized spacial score (nSPS) is 11.4. The third-order valence-electron chi connectivity index (χ3n) is 3.29. The van der Waals surface area contributed by atoms with Gasteiger partial charge >= 0.3 is 0 Å². The fourth-order valence-electron chi connectivity index (χ4n) is 2.50. The maximum absolute atomic E-state index is 10.1. The van der Waals surface area contributed by atoms with Gasteiger partial charge in [0.1, 0.15) is 5.75 Å². The second-order valence-electron chi connectivity index (χ2n) is 4.33. The van der Waals surface area contributed by atoms with E-state index in [9.17, 15) is 5.11 Å². The monoisotopic (exact) mass is 241 g/mol. The molecule has 0 bridgehead atoms. The van der Waals surface area contributed by atoms with Gasteiger partial charge in [0.15, 0.2) is 0 Å². The van der Waals surface area contributed by atoms with E-state index in [1.54, 1.807) is 13.2 Å². The van der Waals surface area contributed by atoms with Crippen LogP contribution in [0.1, 0.15) is 0 Å². The first-order valence-electron chi connectivity index (χ1n) is 6.01. The van der Waals surface area contributed by atoms with Crippen LogP contribution in [0.3, 0.4) is 0 Å². The van der Waals surface area contributed by atoms with Crippen LogP contribution in [-0.4, -0.2) is 23.4 Å². The summed E-state index contributed by atoms with van der Waals surface area (Å²) in [6.07, 6.45) is 0. The van der Waals surface area contributed by atoms with Crippen LogP contribution in [0.4, 0.5) is 0 Å². The summed E-state index contributed by atoms with van der Waals surface area (Å²) in [5.74, 6) is 0.333. The first-order chi connectivity index (χ1) is 8.83. The number of methoxy groups -OCH3 is 1. The summed E-state index contributed by atoms with van der Waals surface area (Å²) >= 11 is 0. The largest absolute Gasteiger partial charge is 0.507 e. The van der Waals surface area contributed by atoms with Crippen molar-refractivity contribution in [3.8, 4) is 5.75 Å². The highest BCUT2D eigenvalue weighted by Gasteiger charge is 2.12. The Labute approximate surface area is 105 Å². The Hall–Kier alpha value is -2.00. The Kier molecular flexibility index (Phi) is 2.68. The van der Waals surface area contributed by atoms with Crippen molar-refractivity contribution in [2.24, 2.45) is 0 Å². The molecular weight excluding hydrogens is 226 g/mol. The third-order valence-corrected chi connectivity index (χ3v) is 3.29. The van der Waals surface area contributed by atoms with E-state index in [0.29, 0.717) is 12.4 Å². The molecule has 0 spiro atoms. The lowest BCUT2D eigenvalue weighted by molar-refractivity contribution is 0.189. The lowest BCUT2D eigenvalue weighted by Gasteiger charge is -2.06. The van der Waals surface area contributed by atoms with E-state index < -0.39 is 0 Å². The highest BCUT2D eigenvalue weighted by molar-refractivity contribution is 6.10. The van der Waals surface area contributed by atoms with Crippen LogP contribution in [-0.2, 0) is 11.3 Å². The minimum absolute atomic E-state index is 0.333. The quantitative estimate of drug-likeness (QED) is 0.764. The number of phenolic OH excluding ortho intramolecular Hbond substituents is 1. The number of phenols is 1. The third kappa shape index (κ3) is 1.56. The molecule has 0 aliphatic heterocycles. The SMILES string of the molecule is COCCn1c2ccccc2c2c(O)cccc21. The number of hydrogen-bond donors (Lipinski definition) is 1. The lowest BCUT2D eigenvalue weighted by atomic mass is 10.1. The molecule has 0 amide bonds. The summed E-state index contributed by atoms with van der Waals surface area (Å²) in [4.78, 5) is 0. The van der Waals surface area contributed by atoms with E-state index in [4.69, 9.17) is 4.74 Å². The zero-order valence-electron chi connectivity index (χ0n) is 10.3. The van der Waals surface area contributed by atoms with E-state index in [1.807, 2.05) is 30.3 Å². The van der Waals surface area contributed by atoms with Crippen LogP contribution >= 0.6 is 0 Å². The maximum Gasteiger partial charge on any atom is 0.125 e. The molecule has 1 heterocycles. The number of fused-ring (bicyclic) bond motifs is 3. The second-order valence-corrected chi connectivity index (χ2v) is 4.33. The van der Waals surface area contributed by atoms with Gasteiger partial charge in [0.05, 0.1) is 12.1 Å². The molecule has 18 heavy (non-hydrogen) atoms. The molecule has 0 saturated heterocycles. The molecule has 0 aliphatic rings. The molecule has 3 aromatic rings. The van der Waals surface area contributed by atoms with Gasteiger partial charge in [-0.15, -0.1) is 0 Å². The Bertz CT molecular complexity index is 700. The predicted octanol–water partition coefficient (Wildman–Crippen LogP) is 3.15. The van der Waals surface area contributed by atoms with Crippen molar-refractivity contribution in [2.75, 3.05) is 13.7 Å². The number of ether oxygens (including phenoxy) is 1. The molecule has 1 N–H and O–H groups in total. The number of aromatic nitrogens is 1. The smallest absolute Gasteiger partial charge is 0.125 e. The first kappa shape index (κ1) is 11.1. The summed E-state index contributed by atoms with van der Waals surface area (Å²) < 4.78 is 7.35. The Morgan fingerprint density at radius 3 is 2.67 bits per heavy atom. The molecule has 3 nitrogen and oxygen atoms in total. The van der Waals surface area contributed by atoms with Crippen molar-refractivity contribution in [1.82, 2.24) is 4.57 Å². The van der Waals surface area contributed by atoms with Crippen LogP contribution < -0.4 is 0 Å². The molecule has 92 valence electrons. The van der Waals surface area contributed by atoms with Gasteiger partial charge in [-0.2, -0.15) is 0 Å². The molecule has 1 aromatic heterocycles. The fourth-order valence-corrected chi connectivity index (χ4v) is 2.50. The number of aromatic hydroxyl groups is 1. The minimum Gasteiger partial charge on any atom is -0.507 e. The Balaban J connectivity index is 2.39. The summed E-state index contributed by atoms with van der Waals surface area (Å²) in [7, 11) is 1.70. The van der Waals surface area contributed by atoms with Gasteiger partial charge in [-0.3, -0.25) is 0 Å². The average molecular weight is 241 g/mol. The molecular formula is C15H15NO2. The van der Waals surface area contributed by atoms with Crippen LogP contribution in [0, 0.1) is 0 Å². The molecule has 0 unspecified atom stereocenters. The number of rotatable bonds is 3. The molecule has 0 saturated carbocycles. The van der Waals surface area contributed by atoms with E-state index in [2.05, 4.69) is 10.6 Å². The average Bonchev–Trinajstić information content (AvgIpc) is 2.72. The first-order valence-corrected chi connectivity index (χ1v) is 6.01. The Morgan fingerprint density at radius 1 is 1.06 bits per heavy atom. The summed E-state index contributed by atoms with van der Waals surface area (Å²) in [6, 6.07) is 13.8. The topological polar surface area (TPSA) is 34.4 Å². The zero-order valence-corrected chi connectivity index (χ0v) is 10.3. The standard InChI is InChI=1S/C15H15NO2/c1-18-10-9-16-12-6-3-2-5-11(12)15-13(16)7-4-8-14(15)17/h2-8,17H,9-10H2,1H3. The molecule has 3 heteroatoms. The van der Waals surface area contributed by atoms with Crippen LogP contribution in [0.15, 0.2) is 42.5 Å². The predicted molar refractivity (Wildman–Crippen MR) is 73.0 cm³/mol. The number of nitrogens with zero attached hydrogens (tertiary/aromatic N) is 1. The van der Waals surface area contributed by atoms with Crippen molar-refractivity contribution in [3.63, 3.8) is 0 Å². The van der Waals surface area contributed by atoms with Crippen molar-refractivity contribution < 1.29 is 9.84 Å². The van der Waals surface area contributed by atoms with Crippen LogP contribution in [0.5, 0.6) is 5.75 Å². The van der Waals surface area contributed by atoms with Gasteiger partial charge in [0.25, 0.3) is 0 Å². The summed E-state index contributed by atoms with van der Waals surface area (Å²) in [5.41, 5.74) is 2.18. The van der Waals surface area contributed by atoms with Gasteiger partial charge in [0, 0.05) is 29.9 Å². The number of benzene rings is 2. The maximum atomic E-state index is 10.1. The van der Waals surface area contributed by atoms with E-state index >= 15 is 0 Å². The van der Waals surface area contributed by atoms with E-state index in [1.165, 1.54) is 0 Å². The van der Waals surface area contributed by atoms with Crippen molar-refractivity contribution >= 4 is 21.8 Å². The van der Waals surface area contributed by atoms with Crippen molar-refractivity contribution in [1.29, 1.82) is 0 Å². The van der Waals surface area contributed by atoms with Gasteiger partial charge in [0.2, 0.25) is 0 Å². The van der Waals surface area contributed by atoms with E-state index in [-0.39, 0.29) is 0 Å². The Morgan fingerprint density at radius 2 is 1.83 bits per heavy atom. The number of para-hydroxylation sites is 1. The van der Waals surface area contributed by atoms with Crippen LogP contribution in [0.2, 0.25) is 0 Å². The highest BCUT2D eigenvalue weighted by Crippen LogP contribution is 2.34. The lowest BCUT2D eigenvalue weighted by Crippen LogP contribution is -2.03. The van der Waals surface area contributed by atoms with Gasteiger partial charge < -0.3 is 14.4 Å². The fraction of sp³-hybridized carbons (Fsp3) is 0.200. The van der Waals surface area contributed by atoms with Crippen molar-refractivity contribution in [2.45, 2.75) is 6.54 Å². The molecule has 3 rings (SSSR count). The van der Waals surface area contributed by atoms with Crippen LogP contribution in [0.25, 0.3) is 21.8 Å². The minimum atomic E-state index is 0.333. The molecule has 0 atom stereocenters. The molecule has 0 radical (unpaired) electrons. The molecule has 0 fully saturated rings. The molecule has 0 aliphatic carbocycles. The summed E-state index contributed by atoms with van der Waals surface area (Å²) in [5, 5.41) is 12.1. The highest BCUT2D eigenvalue weighted by atomic mass is 16.5. The number of hydrogen-bond acceptors (Lipinski definition) is 2. The van der Waals surface area contributed by atoms with Crippen molar-refractivity contribution in [3.05, 3.63) is 42.5 Å².